The Morgan fingerprint density at radius 3 is 2.86 bits per heavy atom. The molecule has 2 saturated heterocycles. The summed E-state index contributed by atoms with van der Waals surface area (Å²) in [5.74, 6) is 0.902. The standard InChI is InChI=1S/C22H23N3O3/c1-15(26)25-8-9-27-22-14-24(13-20(22)25)12-19-11-21(28-23-19)18-7-6-16-4-2-3-5-17(16)10-18/h2-7,10-11,20,22H,8-9,12-14H2,1H3. The molecule has 0 N–H and O–H groups in total. The number of aromatic nitrogens is 1. The molecule has 2 fully saturated rings. The Kier molecular flexibility index (Phi) is 4.37. The summed E-state index contributed by atoms with van der Waals surface area (Å²) >= 11 is 0. The van der Waals surface area contributed by atoms with Crippen molar-refractivity contribution in [2.75, 3.05) is 26.2 Å². The number of fused-ring (bicyclic) bond motifs is 2. The van der Waals surface area contributed by atoms with Crippen molar-refractivity contribution in [2.45, 2.75) is 25.6 Å². The van der Waals surface area contributed by atoms with Crippen LogP contribution in [0.1, 0.15) is 12.6 Å². The number of nitrogens with zero attached hydrogens (tertiary/aromatic N) is 3. The second-order valence-corrected chi connectivity index (χ2v) is 7.63. The summed E-state index contributed by atoms with van der Waals surface area (Å²) in [7, 11) is 0. The monoisotopic (exact) mass is 377 g/mol. The van der Waals surface area contributed by atoms with Crippen molar-refractivity contribution in [1.29, 1.82) is 0 Å². The second-order valence-electron chi connectivity index (χ2n) is 7.63. The molecule has 3 heterocycles. The SMILES string of the molecule is CC(=O)N1CCOC2CN(Cc3cc(-c4ccc5ccccc5c4)on3)CC21. The molecule has 6 nitrogen and oxygen atoms in total. The second kappa shape index (κ2) is 7.04. The first-order chi connectivity index (χ1) is 13.7. The molecular weight excluding hydrogens is 354 g/mol. The van der Waals surface area contributed by atoms with Crippen LogP contribution in [0.25, 0.3) is 22.1 Å². The van der Waals surface area contributed by atoms with Gasteiger partial charge in [-0.3, -0.25) is 9.69 Å². The highest BCUT2D eigenvalue weighted by Gasteiger charge is 2.41. The average Bonchev–Trinajstić information content (AvgIpc) is 3.34. The maximum absolute atomic E-state index is 11.9. The molecule has 5 rings (SSSR count). The van der Waals surface area contributed by atoms with Gasteiger partial charge in [0.05, 0.1) is 24.4 Å². The van der Waals surface area contributed by atoms with Gasteiger partial charge in [0, 0.05) is 44.7 Å². The Morgan fingerprint density at radius 2 is 2.00 bits per heavy atom. The quantitative estimate of drug-likeness (QED) is 0.702. The zero-order valence-corrected chi connectivity index (χ0v) is 15.9. The van der Waals surface area contributed by atoms with Gasteiger partial charge in [-0.2, -0.15) is 0 Å². The highest BCUT2D eigenvalue weighted by molar-refractivity contribution is 5.86. The Morgan fingerprint density at radius 1 is 1.14 bits per heavy atom. The van der Waals surface area contributed by atoms with Crippen molar-refractivity contribution in [3.63, 3.8) is 0 Å². The van der Waals surface area contributed by atoms with Gasteiger partial charge in [0.15, 0.2) is 5.76 Å². The number of amides is 1. The first-order valence-corrected chi connectivity index (χ1v) is 9.73. The minimum Gasteiger partial charge on any atom is -0.373 e. The Balaban J connectivity index is 1.31. The van der Waals surface area contributed by atoms with Crippen LogP contribution in [-0.4, -0.2) is 59.3 Å². The van der Waals surface area contributed by atoms with E-state index in [9.17, 15) is 4.79 Å². The molecule has 3 aromatic rings. The van der Waals surface area contributed by atoms with Gasteiger partial charge < -0.3 is 14.2 Å². The molecule has 0 aliphatic carbocycles. The van der Waals surface area contributed by atoms with E-state index in [2.05, 4.69) is 40.4 Å². The van der Waals surface area contributed by atoms with Crippen molar-refractivity contribution < 1.29 is 14.1 Å². The molecule has 144 valence electrons. The van der Waals surface area contributed by atoms with Crippen LogP contribution in [0.4, 0.5) is 0 Å². The lowest BCUT2D eigenvalue weighted by molar-refractivity contribution is -0.140. The van der Waals surface area contributed by atoms with E-state index >= 15 is 0 Å². The Bertz CT molecular complexity index is 1010. The number of hydrogen-bond donors (Lipinski definition) is 0. The van der Waals surface area contributed by atoms with Gasteiger partial charge in [-0.05, 0) is 16.8 Å². The first-order valence-electron chi connectivity index (χ1n) is 9.73. The van der Waals surface area contributed by atoms with E-state index in [0.717, 1.165) is 30.1 Å². The number of carbonyl (C=O) groups excluding carboxylic acids is 1. The largest absolute Gasteiger partial charge is 0.373 e. The van der Waals surface area contributed by atoms with Gasteiger partial charge in [0.1, 0.15) is 0 Å². The van der Waals surface area contributed by atoms with Crippen LogP contribution < -0.4 is 0 Å². The van der Waals surface area contributed by atoms with E-state index in [1.54, 1.807) is 6.92 Å². The topological polar surface area (TPSA) is 58.8 Å². The van der Waals surface area contributed by atoms with Crippen molar-refractivity contribution >= 4 is 16.7 Å². The van der Waals surface area contributed by atoms with Crippen molar-refractivity contribution in [2.24, 2.45) is 0 Å². The smallest absolute Gasteiger partial charge is 0.219 e. The van der Waals surface area contributed by atoms with Gasteiger partial charge >= 0.3 is 0 Å². The molecule has 2 unspecified atom stereocenters. The summed E-state index contributed by atoms with van der Waals surface area (Å²) in [6.45, 7) is 5.25. The lowest BCUT2D eigenvalue weighted by atomic mass is 10.1. The fraction of sp³-hybridized carbons (Fsp3) is 0.364. The normalized spacial score (nSPS) is 22.5. The lowest BCUT2D eigenvalue weighted by Gasteiger charge is -2.36. The Labute approximate surface area is 163 Å². The average molecular weight is 377 g/mol. The summed E-state index contributed by atoms with van der Waals surface area (Å²) in [6, 6.07) is 16.7. The van der Waals surface area contributed by atoms with Crippen LogP contribution in [0.15, 0.2) is 53.1 Å². The van der Waals surface area contributed by atoms with Gasteiger partial charge in [-0.25, -0.2) is 0 Å². The number of rotatable bonds is 3. The highest BCUT2D eigenvalue weighted by Crippen LogP contribution is 2.27. The van der Waals surface area contributed by atoms with E-state index in [-0.39, 0.29) is 18.1 Å². The number of hydrogen-bond acceptors (Lipinski definition) is 5. The molecule has 6 heteroatoms. The number of likely N-dealkylation sites (tertiary alicyclic amines) is 1. The molecule has 2 aliphatic rings. The van der Waals surface area contributed by atoms with Crippen LogP contribution in [0.2, 0.25) is 0 Å². The first kappa shape index (κ1) is 17.4. The summed E-state index contributed by atoms with van der Waals surface area (Å²) < 4.78 is 11.5. The number of ether oxygens (including phenoxy) is 1. The fourth-order valence-corrected chi connectivity index (χ4v) is 4.38. The van der Waals surface area contributed by atoms with Gasteiger partial charge in [0.2, 0.25) is 5.91 Å². The van der Waals surface area contributed by atoms with Crippen molar-refractivity contribution in [3.05, 3.63) is 54.2 Å². The van der Waals surface area contributed by atoms with Crippen LogP contribution in [0.3, 0.4) is 0 Å². The van der Waals surface area contributed by atoms with Crippen LogP contribution >= 0.6 is 0 Å². The maximum Gasteiger partial charge on any atom is 0.219 e. The summed E-state index contributed by atoms with van der Waals surface area (Å²) in [6.07, 6.45) is 0.0875. The number of carbonyl (C=O) groups is 1. The van der Waals surface area contributed by atoms with Crippen LogP contribution in [-0.2, 0) is 16.1 Å². The predicted molar refractivity (Wildman–Crippen MR) is 106 cm³/mol. The number of morpholine rings is 1. The summed E-state index contributed by atoms with van der Waals surface area (Å²) in [4.78, 5) is 16.1. The van der Waals surface area contributed by atoms with Gasteiger partial charge in [-0.15, -0.1) is 0 Å². The molecular formula is C22H23N3O3. The molecule has 0 spiro atoms. The van der Waals surface area contributed by atoms with Crippen molar-refractivity contribution in [1.82, 2.24) is 15.0 Å². The molecule has 1 amide bonds. The third-order valence-electron chi connectivity index (χ3n) is 5.76. The van der Waals surface area contributed by atoms with Crippen LogP contribution in [0, 0.1) is 0 Å². The summed E-state index contributed by atoms with van der Waals surface area (Å²) in [5.41, 5.74) is 1.93. The fourth-order valence-electron chi connectivity index (χ4n) is 4.38. The van der Waals surface area contributed by atoms with E-state index in [4.69, 9.17) is 9.26 Å². The third kappa shape index (κ3) is 3.19. The number of benzene rings is 2. The molecule has 0 bridgehead atoms. The minimum absolute atomic E-state index is 0.0875. The predicted octanol–water partition coefficient (Wildman–Crippen LogP) is 2.93. The van der Waals surface area contributed by atoms with Crippen molar-refractivity contribution in [3.8, 4) is 11.3 Å². The molecule has 2 aromatic carbocycles. The molecule has 1 aromatic heterocycles. The zero-order chi connectivity index (χ0) is 19.1. The lowest BCUT2D eigenvalue weighted by Crippen LogP contribution is -2.52. The minimum atomic E-state index is 0.0875. The molecule has 0 radical (unpaired) electrons. The van der Waals surface area contributed by atoms with Gasteiger partial charge in [-0.1, -0.05) is 41.6 Å². The molecule has 2 atom stereocenters. The van der Waals surface area contributed by atoms with E-state index in [1.165, 1.54) is 10.8 Å². The highest BCUT2D eigenvalue weighted by atomic mass is 16.5. The van der Waals surface area contributed by atoms with Gasteiger partial charge in [0.25, 0.3) is 0 Å². The zero-order valence-electron chi connectivity index (χ0n) is 15.9. The third-order valence-corrected chi connectivity index (χ3v) is 5.76. The Hall–Kier alpha value is -2.70. The van der Waals surface area contributed by atoms with Crippen LogP contribution in [0.5, 0.6) is 0 Å². The van der Waals surface area contributed by atoms with E-state index in [0.29, 0.717) is 19.7 Å². The molecule has 0 saturated carbocycles. The molecule has 28 heavy (non-hydrogen) atoms. The van der Waals surface area contributed by atoms with E-state index in [1.807, 2.05) is 23.1 Å². The maximum atomic E-state index is 11.9. The molecule has 2 aliphatic heterocycles. The van der Waals surface area contributed by atoms with E-state index < -0.39 is 0 Å². The summed E-state index contributed by atoms with van der Waals surface area (Å²) in [5, 5.41) is 6.66.